The molecule has 1 saturated heterocycles. The van der Waals surface area contributed by atoms with Gasteiger partial charge in [0.15, 0.2) is 6.61 Å². The van der Waals surface area contributed by atoms with Gasteiger partial charge < -0.3 is 15.0 Å². The number of esters is 1. The molecule has 2 amide bonds. The summed E-state index contributed by atoms with van der Waals surface area (Å²) in [5.41, 5.74) is 0.770. The van der Waals surface area contributed by atoms with Crippen molar-refractivity contribution in [1.29, 1.82) is 0 Å². The Kier molecular flexibility index (Phi) is 6.30. The number of thioether (sulfide) groups is 1. The average molecular weight is 402 g/mol. The van der Waals surface area contributed by atoms with Crippen molar-refractivity contribution in [2.75, 3.05) is 29.6 Å². The maximum atomic E-state index is 13.9. The van der Waals surface area contributed by atoms with Gasteiger partial charge in [0.2, 0.25) is 5.91 Å². The lowest BCUT2D eigenvalue weighted by Crippen LogP contribution is -2.28. The van der Waals surface area contributed by atoms with Crippen molar-refractivity contribution in [1.82, 2.24) is 0 Å². The number of para-hydroxylation sites is 2. The topological polar surface area (TPSA) is 75.7 Å². The molecule has 0 saturated carbocycles. The number of halogens is 1. The quantitative estimate of drug-likeness (QED) is 0.594. The van der Waals surface area contributed by atoms with Crippen LogP contribution in [-0.4, -0.2) is 37.2 Å². The van der Waals surface area contributed by atoms with Crippen LogP contribution in [0.2, 0.25) is 0 Å². The molecule has 1 N–H and O–H groups in total. The minimum Gasteiger partial charge on any atom is -0.455 e. The molecule has 3 rings (SSSR count). The first-order valence-electron chi connectivity index (χ1n) is 8.64. The second-order valence-electron chi connectivity index (χ2n) is 6.21. The minimum atomic E-state index is -0.738. The van der Waals surface area contributed by atoms with Crippen molar-refractivity contribution in [2.45, 2.75) is 11.3 Å². The summed E-state index contributed by atoms with van der Waals surface area (Å²) in [6, 6.07) is 13.2. The lowest BCUT2D eigenvalue weighted by atomic mass is 10.1. The first-order chi connectivity index (χ1) is 13.5. The highest BCUT2D eigenvalue weighted by molar-refractivity contribution is 7.98. The summed E-state index contributed by atoms with van der Waals surface area (Å²) >= 11 is 1.49. The Morgan fingerprint density at radius 3 is 2.68 bits per heavy atom. The Morgan fingerprint density at radius 1 is 1.21 bits per heavy atom. The molecule has 0 spiro atoms. The number of benzene rings is 2. The van der Waals surface area contributed by atoms with Crippen molar-refractivity contribution < 1.29 is 23.5 Å². The normalized spacial score (nSPS) is 16.1. The van der Waals surface area contributed by atoms with Crippen LogP contribution in [-0.2, 0) is 19.1 Å². The van der Waals surface area contributed by atoms with Crippen LogP contribution in [0.4, 0.5) is 15.8 Å². The Bertz CT molecular complexity index is 905. The zero-order valence-electron chi connectivity index (χ0n) is 15.2. The van der Waals surface area contributed by atoms with Gasteiger partial charge in [-0.2, -0.15) is 0 Å². The van der Waals surface area contributed by atoms with Gasteiger partial charge in [0.05, 0.1) is 17.3 Å². The fourth-order valence-electron chi connectivity index (χ4n) is 2.96. The van der Waals surface area contributed by atoms with E-state index in [-0.39, 0.29) is 24.6 Å². The Morgan fingerprint density at radius 2 is 1.93 bits per heavy atom. The number of hydrogen-bond acceptors (Lipinski definition) is 5. The number of amides is 2. The highest BCUT2D eigenvalue weighted by Crippen LogP contribution is 2.28. The number of carbonyl (C=O) groups is 3. The molecule has 1 atom stereocenters. The lowest BCUT2D eigenvalue weighted by Gasteiger charge is -2.17. The molecule has 8 heteroatoms. The van der Waals surface area contributed by atoms with E-state index in [4.69, 9.17) is 4.74 Å². The number of ether oxygens (including phenoxy) is 1. The number of rotatable bonds is 6. The Hall–Kier alpha value is -2.87. The van der Waals surface area contributed by atoms with Gasteiger partial charge in [-0.05, 0) is 30.5 Å². The van der Waals surface area contributed by atoms with Crippen LogP contribution in [0.5, 0.6) is 0 Å². The third-order valence-corrected chi connectivity index (χ3v) is 5.12. The first-order valence-corrected chi connectivity index (χ1v) is 9.86. The number of nitrogens with one attached hydrogen (secondary N) is 1. The van der Waals surface area contributed by atoms with Crippen LogP contribution < -0.4 is 10.2 Å². The summed E-state index contributed by atoms with van der Waals surface area (Å²) in [7, 11) is 0. The Labute approximate surface area is 166 Å². The minimum absolute atomic E-state index is 0.0233. The molecule has 146 valence electrons. The van der Waals surface area contributed by atoms with Crippen LogP contribution in [0.15, 0.2) is 53.4 Å². The first kappa shape index (κ1) is 19.9. The van der Waals surface area contributed by atoms with E-state index in [1.165, 1.54) is 34.9 Å². The van der Waals surface area contributed by atoms with Crippen LogP contribution in [0, 0.1) is 11.7 Å². The highest BCUT2D eigenvalue weighted by atomic mass is 32.2. The smallest absolute Gasteiger partial charge is 0.311 e. The van der Waals surface area contributed by atoms with Crippen molar-refractivity contribution in [3.8, 4) is 0 Å². The summed E-state index contributed by atoms with van der Waals surface area (Å²) < 4.78 is 19.0. The molecule has 6 nitrogen and oxygen atoms in total. The Balaban J connectivity index is 1.55. The third-order valence-electron chi connectivity index (χ3n) is 4.33. The van der Waals surface area contributed by atoms with E-state index in [9.17, 15) is 18.8 Å². The van der Waals surface area contributed by atoms with Crippen molar-refractivity contribution in [3.05, 3.63) is 54.3 Å². The van der Waals surface area contributed by atoms with E-state index in [0.717, 1.165) is 4.90 Å². The maximum Gasteiger partial charge on any atom is 0.311 e. The summed E-state index contributed by atoms with van der Waals surface area (Å²) in [6.07, 6.45) is 1.81. The predicted molar refractivity (Wildman–Crippen MR) is 105 cm³/mol. The summed E-state index contributed by atoms with van der Waals surface area (Å²) in [5.74, 6) is -2.74. The number of nitrogens with zero attached hydrogens (tertiary/aromatic N) is 1. The molecule has 0 unspecified atom stereocenters. The van der Waals surface area contributed by atoms with Gasteiger partial charge in [0.1, 0.15) is 5.82 Å². The molecule has 0 aromatic heterocycles. The second-order valence-corrected chi connectivity index (χ2v) is 7.06. The van der Waals surface area contributed by atoms with E-state index < -0.39 is 30.2 Å². The third kappa shape index (κ3) is 4.51. The lowest BCUT2D eigenvalue weighted by molar-refractivity contribution is -0.151. The molecular formula is C20H19FN2O4S. The van der Waals surface area contributed by atoms with Gasteiger partial charge >= 0.3 is 5.97 Å². The van der Waals surface area contributed by atoms with E-state index in [1.54, 1.807) is 18.2 Å². The molecule has 2 aromatic carbocycles. The fourth-order valence-corrected chi connectivity index (χ4v) is 3.51. The molecule has 1 aliphatic heterocycles. The predicted octanol–water partition coefficient (Wildman–Crippen LogP) is 3.08. The molecule has 0 radical (unpaired) electrons. The van der Waals surface area contributed by atoms with Gasteiger partial charge in [-0.1, -0.05) is 24.3 Å². The molecule has 28 heavy (non-hydrogen) atoms. The summed E-state index contributed by atoms with van der Waals surface area (Å²) in [6.45, 7) is -0.429. The summed E-state index contributed by atoms with van der Waals surface area (Å²) in [5, 5.41) is 2.69. The number of hydrogen-bond donors (Lipinski definition) is 1. The molecule has 1 aliphatic rings. The second kappa shape index (κ2) is 8.88. The van der Waals surface area contributed by atoms with Gasteiger partial charge in [0, 0.05) is 17.9 Å². The van der Waals surface area contributed by atoms with Crippen molar-refractivity contribution in [3.63, 3.8) is 0 Å². The van der Waals surface area contributed by atoms with E-state index in [1.807, 2.05) is 18.4 Å². The molecule has 0 aliphatic carbocycles. The fraction of sp³-hybridized carbons (Fsp3) is 0.250. The van der Waals surface area contributed by atoms with Crippen LogP contribution in [0.1, 0.15) is 6.42 Å². The van der Waals surface area contributed by atoms with Crippen LogP contribution >= 0.6 is 11.8 Å². The van der Waals surface area contributed by atoms with E-state index >= 15 is 0 Å². The molecule has 2 aromatic rings. The van der Waals surface area contributed by atoms with Crippen molar-refractivity contribution in [2.24, 2.45) is 5.92 Å². The number of carbonyl (C=O) groups excluding carboxylic acids is 3. The maximum absolute atomic E-state index is 13.9. The van der Waals surface area contributed by atoms with Crippen LogP contribution in [0.25, 0.3) is 0 Å². The van der Waals surface area contributed by atoms with Gasteiger partial charge in [-0.3, -0.25) is 14.4 Å². The van der Waals surface area contributed by atoms with Gasteiger partial charge in [0.25, 0.3) is 5.91 Å². The van der Waals surface area contributed by atoms with Crippen LogP contribution in [0.3, 0.4) is 0 Å². The monoisotopic (exact) mass is 402 g/mol. The van der Waals surface area contributed by atoms with E-state index in [0.29, 0.717) is 5.69 Å². The van der Waals surface area contributed by atoms with E-state index in [2.05, 4.69) is 5.32 Å². The van der Waals surface area contributed by atoms with Gasteiger partial charge in [-0.15, -0.1) is 11.8 Å². The molecule has 1 heterocycles. The zero-order valence-corrected chi connectivity index (χ0v) is 16.0. The van der Waals surface area contributed by atoms with Gasteiger partial charge in [-0.25, -0.2) is 4.39 Å². The molecule has 0 bridgehead atoms. The largest absolute Gasteiger partial charge is 0.455 e. The average Bonchev–Trinajstić information content (AvgIpc) is 3.08. The number of anilines is 2. The van der Waals surface area contributed by atoms with Crippen molar-refractivity contribution >= 4 is 40.9 Å². The highest BCUT2D eigenvalue weighted by Gasteiger charge is 2.37. The standard InChI is InChI=1S/C20H19FN2O4S/c1-28-17-9-5-3-7-15(17)22-18(24)12-27-20(26)13-10-19(25)23(11-13)16-8-4-2-6-14(16)21/h2-9,13H,10-12H2,1H3,(H,22,24)/t13-/m0/s1. The SMILES string of the molecule is CSc1ccccc1NC(=O)COC(=O)[C@H]1CC(=O)N(c2ccccc2F)C1. The summed E-state index contributed by atoms with van der Waals surface area (Å²) in [4.78, 5) is 38.6. The zero-order chi connectivity index (χ0) is 20.1. The molecule has 1 fully saturated rings. The molecular weight excluding hydrogens is 383 g/mol.